The topological polar surface area (TPSA) is 18.5 Å². The third-order valence-electron chi connectivity index (χ3n) is 2.23. The summed E-state index contributed by atoms with van der Waals surface area (Å²) in [5, 5.41) is 0. The van der Waals surface area contributed by atoms with E-state index in [0.717, 1.165) is 22.6 Å². The number of hydrogen-bond acceptors (Lipinski definition) is 2. The second-order valence-corrected chi connectivity index (χ2v) is 3.77. The first-order valence-electron chi connectivity index (χ1n) is 4.96. The Kier molecular flexibility index (Phi) is 3.78. The van der Waals surface area contributed by atoms with Crippen molar-refractivity contribution >= 4 is 6.08 Å². The summed E-state index contributed by atoms with van der Waals surface area (Å²) in [7, 11) is 3.35. The molecule has 0 spiro atoms. The molecule has 0 bridgehead atoms. The molecule has 0 fully saturated rings. The van der Waals surface area contributed by atoms with Crippen molar-refractivity contribution in [3.8, 4) is 11.5 Å². The van der Waals surface area contributed by atoms with Gasteiger partial charge in [-0.1, -0.05) is 11.6 Å². The van der Waals surface area contributed by atoms with Crippen LogP contribution in [0.15, 0.2) is 17.7 Å². The molecule has 0 saturated heterocycles. The van der Waals surface area contributed by atoms with Gasteiger partial charge in [-0.15, -0.1) is 0 Å². The summed E-state index contributed by atoms with van der Waals surface area (Å²) in [6, 6.07) is 4.04. The zero-order valence-corrected chi connectivity index (χ0v) is 10.0. The Labute approximate surface area is 91.5 Å². The number of allylic oxidation sites excluding steroid dienone is 1. The number of benzene rings is 1. The molecule has 82 valence electrons. The summed E-state index contributed by atoms with van der Waals surface area (Å²) >= 11 is 0. The molecule has 0 heterocycles. The van der Waals surface area contributed by atoms with Gasteiger partial charge in [0.15, 0.2) is 0 Å². The minimum atomic E-state index is 0.863. The van der Waals surface area contributed by atoms with Crippen LogP contribution < -0.4 is 9.47 Å². The number of hydrogen-bond donors (Lipinski definition) is 0. The standard InChI is InChI=1S/C13H18O2/c1-9(2)6-11-7-12(14-4)10(3)13(8-11)15-5/h6-8H,1-5H3. The number of rotatable bonds is 3. The highest BCUT2D eigenvalue weighted by Gasteiger charge is 2.06. The van der Waals surface area contributed by atoms with Crippen LogP contribution in [0.1, 0.15) is 25.0 Å². The van der Waals surface area contributed by atoms with Gasteiger partial charge in [0.25, 0.3) is 0 Å². The summed E-state index contributed by atoms with van der Waals surface area (Å²) < 4.78 is 10.6. The minimum Gasteiger partial charge on any atom is -0.496 e. The molecule has 0 unspecified atom stereocenters. The molecular formula is C13H18O2. The largest absolute Gasteiger partial charge is 0.496 e. The van der Waals surface area contributed by atoms with Crippen LogP contribution in [0.25, 0.3) is 6.08 Å². The summed E-state index contributed by atoms with van der Waals surface area (Å²) in [4.78, 5) is 0. The Morgan fingerprint density at radius 3 is 1.87 bits per heavy atom. The number of methoxy groups -OCH3 is 2. The summed E-state index contributed by atoms with van der Waals surface area (Å²) in [5.41, 5.74) is 3.39. The van der Waals surface area contributed by atoms with E-state index in [2.05, 4.69) is 19.9 Å². The normalized spacial score (nSPS) is 9.67. The van der Waals surface area contributed by atoms with Crippen LogP contribution in [0.4, 0.5) is 0 Å². The van der Waals surface area contributed by atoms with Gasteiger partial charge in [-0.3, -0.25) is 0 Å². The maximum Gasteiger partial charge on any atom is 0.126 e. The predicted octanol–water partition coefficient (Wildman–Crippen LogP) is 3.44. The molecule has 0 radical (unpaired) electrons. The predicted molar refractivity (Wildman–Crippen MR) is 63.6 cm³/mol. The Balaban J connectivity index is 3.27. The third kappa shape index (κ3) is 2.75. The molecule has 0 amide bonds. The van der Waals surface area contributed by atoms with E-state index in [1.165, 1.54) is 5.57 Å². The zero-order chi connectivity index (χ0) is 11.4. The Bertz CT molecular complexity index is 349. The van der Waals surface area contributed by atoms with Gasteiger partial charge in [-0.25, -0.2) is 0 Å². The fraction of sp³-hybridized carbons (Fsp3) is 0.385. The van der Waals surface area contributed by atoms with Crippen molar-refractivity contribution in [3.05, 3.63) is 28.8 Å². The van der Waals surface area contributed by atoms with Crippen LogP contribution >= 0.6 is 0 Å². The van der Waals surface area contributed by atoms with Gasteiger partial charge in [0.1, 0.15) is 11.5 Å². The maximum absolute atomic E-state index is 5.30. The van der Waals surface area contributed by atoms with E-state index < -0.39 is 0 Å². The highest BCUT2D eigenvalue weighted by atomic mass is 16.5. The van der Waals surface area contributed by atoms with E-state index in [4.69, 9.17) is 9.47 Å². The Morgan fingerprint density at radius 1 is 1.07 bits per heavy atom. The molecule has 0 saturated carbocycles. The van der Waals surface area contributed by atoms with Gasteiger partial charge < -0.3 is 9.47 Å². The molecule has 15 heavy (non-hydrogen) atoms. The van der Waals surface area contributed by atoms with Gasteiger partial charge in [-0.2, -0.15) is 0 Å². The first-order chi connectivity index (χ1) is 7.08. The maximum atomic E-state index is 5.30. The number of ether oxygens (including phenoxy) is 2. The average Bonchev–Trinajstić information content (AvgIpc) is 2.19. The summed E-state index contributed by atoms with van der Waals surface area (Å²) in [6.07, 6.45) is 2.10. The molecule has 0 aliphatic heterocycles. The summed E-state index contributed by atoms with van der Waals surface area (Å²) in [6.45, 7) is 6.13. The Morgan fingerprint density at radius 2 is 1.53 bits per heavy atom. The zero-order valence-electron chi connectivity index (χ0n) is 10.0. The van der Waals surface area contributed by atoms with Crippen LogP contribution in [-0.2, 0) is 0 Å². The van der Waals surface area contributed by atoms with Crippen molar-refractivity contribution in [3.63, 3.8) is 0 Å². The molecule has 0 atom stereocenters. The molecule has 0 N–H and O–H groups in total. The lowest BCUT2D eigenvalue weighted by Crippen LogP contribution is -1.93. The Hall–Kier alpha value is -1.44. The molecular weight excluding hydrogens is 188 g/mol. The van der Waals surface area contributed by atoms with Crippen molar-refractivity contribution in [2.75, 3.05) is 14.2 Å². The van der Waals surface area contributed by atoms with Crippen molar-refractivity contribution in [1.29, 1.82) is 0 Å². The van der Waals surface area contributed by atoms with E-state index in [1.807, 2.05) is 19.1 Å². The fourth-order valence-corrected chi connectivity index (χ4v) is 1.52. The average molecular weight is 206 g/mol. The summed E-state index contributed by atoms with van der Waals surface area (Å²) in [5.74, 6) is 1.73. The molecule has 1 aromatic rings. The van der Waals surface area contributed by atoms with E-state index in [1.54, 1.807) is 14.2 Å². The van der Waals surface area contributed by atoms with Crippen LogP contribution in [0.5, 0.6) is 11.5 Å². The van der Waals surface area contributed by atoms with Crippen molar-refractivity contribution in [1.82, 2.24) is 0 Å². The molecule has 1 rings (SSSR count). The molecule has 2 heteroatoms. The van der Waals surface area contributed by atoms with Crippen LogP contribution in [0, 0.1) is 6.92 Å². The van der Waals surface area contributed by atoms with Gasteiger partial charge in [0, 0.05) is 5.56 Å². The fourth-order valence-electron chi connectivity index (χ4n) is 1.52. The highest BCUT2D eigenvalue weighted by molar-refractivity contribution is 5.59. The molecule has 0 aromatic heterocycles. The lowest BCUT2D eigenvalue weighted by Gasteiger charge is -2.11. The van der Waals surface area contributed by atoms with E-state index in [9.17, 15) is 0 Å². The monoisotopic (exact) mass is 206 g/mol. The van der Waals surface area contributed by atoms with E-state index in [0.29, 0.717) is 0 Å². The van der Waals surface area contributed by atoms with Crippen LogP contribution in [0.3, 0.4) is 0 Å². The van der Waals surface area contributed by atoms with Gasteiger partial charge in [0.2, 0.25) is 0 Å². The minimum absolute atomic E-state index is 0.863. The molecule has 1 aromatic carbocycles. The second kappa shape index (κ2) is 4.87. The van der Waals surface area contributed by atoms with Gasteiger partial charge in [-0.05, 0) is 38.5 Å². The SMILES string of the molecule is COc1cc(C=C(C)C)cc(OC)c1C. The quantitative estimate of drug-likeness (QED) is 0.754. The van der Waals surface area contributed by atoms with Crippen molar-refractivity contribution in [2.24, 2.45) is 0 Å². The first-order valence-corrected chi connectivity index (χ1v) is 4.96. The van der Waals surface area contributed by atoms with E-state index in [-0.39, 0.29) is 0 Å². The third-order valence-corrected chi connectivity index (χ3v) is 2.23. The van der Waals surface area contributed by atoms with Crippen molar-refractivity contribution in [2.45, 2.75) is 20.8 Å². The first kappa shape index (κ1) is 11.6. The lowest BCUT2D eigenvalue weighted by molar-refractivity contribution is 0.388. The molecule has 2 nitrogen and oxygen atoms in total. The molecule has 0 aliphatic carbocycles. The lowest BCUT2D eigenvalue weighted by atomic mass is 10.1. The second-order valence-electron chi connectivity index (χ2n) is 3.77. The van der Waals surface area contributed by atoms with Crippen LogP contribution in [0.2, 0.25) is 0 Å². The van der Waals surface area contributed by atoms with Crippen molar-refractivity contribution < 1.29 is 9.47 Å². The molecule has 0 aliphatic rings. The highest BCUT2D eigenvalue weighted by Crippen LogP contribution is 2.30. The van der Waals surface area contributed by atoms with Crippen LogP contribution in [-0.4, -0.2) is 14.2 Å². The smallest absolute Gasteiger partial charge is 0.126 e. The van der Waals surface area contributed by atoms with E-state index >= 15 is 0 Å². The van der Waals surface area contributed by atoms with Gasteiger partial charge >= 0.3 is 0 Å². The van der Waals surface area contributed by atoms with Gasteiger partial charge in [0.05, 0.1) is 14.2 Å².